The summed E-state index contributed by atoms with van der Waals surface area (Å²) in [6.07, 6.45) is -1.47. The van der Waals surface area contributed by atoms with Gasteiger partial charge in [-0.15, -0.1) is 0 Å². The van der Waals surface area contributed by atoms with E-state index in [2.05, 4.69) is 0 Å². The number of aliphatic imine (C=N–C) groups is 1. The van der Waals surface area contributed by atoms with Gasteiger partial charge in [-0.05, 0) is 19.2 Å². The molecule has 29 heavy (non-hydrogen) atoms. The number of nitrogens with zero attached hydrogens (tertiary/aromatic N) is 4. The topological polar surface area (TPSA) is 48.4 Å². The van der Waals surface area contributed by atoms with Crippen molar-refractivity contribution in [2.24, 2.45) is 4.99 Å². The molecule has 0 fully saturated rings. The molecule has 0 N–H and O–H groups in total. The first-order valence-electron chi connectivity index (χ1n) is 8.62. The van der Waals surface area contributed by atoms with Gasteiger partial charge in [0.1, 0.15) is 0 Å². The number of alkyl halides is 3. The first-order valence-corrected chi connectivity index (χ1v) is 10.9. The number of hydrogen-bond donors (Lipinski definition) is 0. The highest BCUT2D eigenvalue weighted by molar-refractivity contribution is 8.16. The lowest BCUT2D eigenvalue weighted by Crippen LogP contribution is -2.51. The largest absolute Gasteiger partial charge is 0.452 e. The van der Waals surface area contributed by atoms with E-state index >= 15 is 0 Å². The number of amidine groups is 1. The lowest BCUT2D eigenvalue weighted by atomic mass is 10.2. The Kier molecular flexibility index (Phi) is 5.52. The Morgan fingerprint density at radius 1 is 1.07 bits per heavy atom. The molecule has 2 aromatic carbocycles. The summed E-state index contributed by atoms with van der Waals surface area (Å²) >= 11 is 18.8. The van der Waals surface area contributed by atoms with Crippen LogP contribution in [0.5, 0.6) is 0 Å². The van der Waals surface area contributed by atoms with Gasteiger partial charge in [-0.3, -0.25) is 4.31 Å². The molecule has 2 unspecified atom stereocenters. The Labute approximate surface area is 186 Å². The van der Waals surface area contributed by atoms with Gasteiger partial charge in [0.2, 0.25) is 3.79 Å². The molecule has 152 valence electrons. The standard InChI is InChI=1S/C19H17Cl3N4O2S/c1-24-16(19(20,21)22)26(18(27)28-2)29-17(24)23-15(13-9-5-3-6-10-13)25(29)14-11-7-4-8-12-14/h3-12,16H,1-2H3. The quantitative estimate of drug-likeness (QED) is 0.464. The lowest BCUT2D eigenvalue weighted by molar-refractivity contribution is 0.125. The van der Waals surface area contributed by atoms with E-state index in [1.807, 2.05) is 65.0 Å². The Morgan fingerprint density at radius 2 is 1.66 bits per heavy atom. The number of benzene rings is 2. The first kappa shape index (κ1) is 20.5. The van der Waals surface area contributed by atoms with Gasteiger partial charge in [0, 0.05) is 5.56 Å². The normalized spacial score (nSPS) is 22.0. The summed E-state index contributed by atoms with van der Waals surface area (Å²) < 4.78 is 6.70. The smallest absolute Gasteiger partial charge is 0.422 e. The molecule has 2 heterocycles. The van der Waals surface area contributed by atoms with Gasteiger partial charge < -0.3 is 4.74 Å². The third-order valence-electron chi connectivity index (χ3n) is 4.48. The number of carbonyl (C=O) groups is 1. The van der Waals surface area contributed by atoms with Gasteiger partial charge in [-0.25, -0.2) is 19.0 Å². The molecular weight excluding hydrogens is 455 g/mol. The summed E-state index contributed by atoms with van der Waals surface area (Å²) in [7, 11) is 2.08. The first-order chi connectivity index (χ1) is 13.8. The molecule has 0 radical (unpaired) electrons. The molecule has 0 aromatic heterocycles. The second-order valence-electron chi connectivity index (χ2n) is 6.30. The summed E-state index contributed by atoms with van der Waals surface area (Å²) in [5.41, 5.74) is 1.77. The number of carbonyl (C=O) groups excluding carboxylic acids is 1. The number of methoxy groups -OCH3 is 1. The molecule has 2 aromatic rings. The van der Waals surface area contributed by atoms with E-state index < -0.39 is 26.9 Å². The molecule has 2 atom stereocenters. The van der Waals surface area contributed by atoms with Crippen LogP contribution in [0.15, 0.2) is 65.7 Å². The van der Waals surface area contributed by atoms with E-state index in [4.69, 9.17) is 44.5 Å². The molecule has 10 heteroatoms. The van der Waals surface area contributed by atoms with Gasteiger partial charge in [0.25, 0.3) is 0 Å². The highest BCUT2D eigenvalue weighted by atomic mass is 35.6. The molecule has 6 nitrogen and oxygen atoms in total. The van der Waals surface area contributed by atoms with Crippen molar-refractivity contribution < 1.29 is 9.53 Å². The maximum atomic E-state index is 12.8. The molecule has 4 rings (SSSR count). The minimum atomic E-state index is -1.77. The zero-order valence-corrected chi connectivity index (χ0v) is 18.6. The highest BCUT2D eigenvalue weighted by Gasteiger charge is 2.55. The van der Waals surface area contributed by atoms with Crippen molar-refractivity contribution in [1.29, 1.82) is 0 Å². The summed E-state index contributed by atoms with van der Waals surface area (Å²) in [6, 6.07) is 19.4. The van der Waals surface area contributed by atoms with Crippen LogP contribution in [0, 0.1) is 0 Å². The third-order valence-corrected chi connectivity index (χ3v) is 7.22. The summed E-state index contributed by atoms with van der Waals surface area (Å²) in [5.74, 6) is 0.707. The van der Waals surface area contributed by atoms with E-state index in [9.17, 15) is 4.79 Å². The fraction of sp³-hybridized carbons (Fsp3) is 0.211. The average Bonchev–Trinajstić information content (AvgIpc) is 3.24. The number of rotatable bonds is 2. The number of para-hydroxylation sites is 1. The van der Waals surface area contributed by atoms with Crippen molar-refractivity contribution in [3.05, 3.63) is 66.2 Å². The molecular formula is C19H17Cl3N4O2S. The van der Waals surface area contributed by atoms with E-state index in [-0.39, 0.29) is 0 Å². The van der Waals surface area contributed by atoms with Gasteiger partial charge in [0.15, 0.2) is 17.1 Å². The minimum absolute atomic E-state index is 0.600. The predicted octanol–water partition coefficient (Wildman–Crippen LogP) is 4.85. The van der Waals surface area contributed by atoms with Crippen molar-refractivity contribution in [3.8, 4) is 0 Å². The molecule has 2 aliphatic heterocycles. The number of amides is 1. The number of hydrogen-bond acceptors (Lipinski definition) is 5. The van der Waals surface area contributed by atoms with Crippen molar-refractivity contribution >= 4 is 68.4 Å². The van der Waals surface area contributed by atoms with Crippen LogP contribution in [0.2, 0.25) is 0 Å². The van der Waals surface area contributed by atoms with Crippen molar-refractivity contribution in [3.63, 3.8) is 0 Å². The summed E-state index contributed by atoms with van der Waals surface area (Å²) in [6.45, 7) is 0. The Balaban J connectivity index is 1.91. The zero-order chi connectivity index (χ0) is 20.8. The van der Waals surface area contributed by atoms with E-state index in [1.165, 1.54) is 11.4 Å². The molecule has 0 saturated heterocycles. The number of anilines is 1. The maximum absolute atomic E-state index is 12.8. The molecule has 0 saturated carbocycles. The van der Waals surface area contributed by atoms with Crippen molar-refractivity contribution in [1.82, 2.24) is 9.21 Å². The van der Waals surface area contributed by atoms with Crippen LogP contribution in [-0.4, -0.2) is 50.4 Å². The summed E-state index contributed by atoms with van der Waals surface area (Å²) in [4.78, 5) is 19.4. The molecule has 0 spiro atoms. The third kappa shape index (κ3) is 3.51. The van der Waals surface area contributed by atoms with E-state index in [0.29, 0.717) is 10.9 Å². The molecule has 1 amide bonds. The molecule has 0 aliphatic carbocycles. The minimum Gasteiger partial charge on any atom is -0.452 e. The van der Waals surface area contributed by atoms with E-state index in [1.54, 1.807) is 11.9 Å². The van der Waals surface area contributed by atoms with Gasteiger partial charge in [-0.2, -0.15) is 0 Å². The number of ether oxygens (including phenoxy) is 1. The van der Waals surface area contributed by atoms with E-state index in [0.717, 1.165) is 11.3 Å². The van der Waals surface area contributed by atoms with Crippen molar-refractivity contribution in [2.75, 3.05) is 18.5 Å². The van der Waals surface area contributed by atoms with Crippen LogP contribution in [0.4, 0.5) is 10.5 Å². The predicted molar refractivity (Wildman–Crippen MR) is 121 cm³/mol. The van der Waals surface area contributed by atoms with Gasteiger partial charge >= 0.3 is 6.09 Å². The van der Waals surface area contributed by atoms with Gasteiger partial charge in [-0.1, -0.05) is 83.3 Å². The molecule has 2 aliphatic rings. The maximum Gasteiger partial charge on any atom is 0.422 e. The average molecular weight is 472 g/mol. The molecule has 0 bridgehead atoms. The van der Waals surface area contributed by atoms with Crippen LogP contribution in [0.25, 0.3) is 0 Å². The fourth-order valence-corrected chi connectivity index (χ4v) is 6.53. The van der Waals surface area contributed by atoms with Crippen LogP contribution >= 0.6 is 45.7 Å². The van der Waals surface area contributed by atoms with Gasteiger partial charge in [0.05, 0.1) is 23.7 Å². The monoisotopic (exact) mass is 470 g/mol. The Hall–Kier alpha value is -1.77. The number of halogens is 3. The van der Waals surface area contributed by atoms with Crippen LogP contribution in [-0.2, 0) is 4.74 Å². The Bertz CT molecular complexity index is 996. The lowest BCUT2D eigenvalue weighted by Gasteiger charge is -2.36. The van der Waals surface area contributed by atoms with Crippen LogP contribution in [0.3, 0.4) is 0 Å². The van der Waals surface area contributed by atoms with Crippen LogP contribution < -0.4 is 4.31 Å². The zero-order valence-electron chi connectivity index (χ0n) is 15.5. The summed E-state index contributed by atoms with van der Waals surface area (Å²) in [5, 5.41) is 0.620. The highest BCUT2D eigenvalue weighted by Crippen LogP contribution is 2.50. The van der Waals surface area contributed by atoms with Crippen molar-refractivity contribution in [2.45, 2.75) is 9.96 Å². The fourth-order valence-electron chi connectivity index (χ4n) is 3.25. The second-order valence-corrected chi connectivity index (χ2v) is 10.3. The Morgan fingerprint density at radius 3 is 2.21 bits per heavy atom. The SMILES string of the molecule is COC(=O)N1C(C(Cl)(Cl)Cl)N(C)C2=S1N(c1ccccc1)C(c1ccccc1)=N2. The second kappa shape index (κ2) is 7.81. The van der Waals surface area contributed by atoms with Crippen LogP contribution in [0.1, 0.15) is 5.56 Å².